The monoisotopic (exact) mass is 490 g/mol. The highest BCUT2D eigenvalue weighted by Crippen LogP contribution is 2.41. The molecule has 1 N–H and O–H groups in total. The summed E-state index contributed by atoms with van der Waals surface area (Å²) in [6.45, 7) is 0. The summed E-state index contributed by atoms with van der Waals surface area (Å²) in [5.41, 5.74) is 1.29. The van der Waals surface area contributed by atoms with E-state index in [-0.39, 0.29) is 23.3 Å². The smallest absolute Gasteiger partial charge is 0.263 e. The number of methoxy groups -OCH3 is 2. The zero-order valence-electron chi connectivity index (χ0n) is 19.0. The van der Waals surface area contributed by atoms with Gasteiger partial charge in [-0.25, -0.2) is 13.4 Å². The number of hydrogen-bond acceptors (Lipinski definition) is 8. The van der Waals surface area contributed by atoms with Crippen molar-refractivity contribution in [3.8, 4) is 34.5 Å². The van der Waals surface area contributed by atoms with E-state index in [0.717, 1.165) is 11.0 Å². The van der Waals surface area contributed by atoms with Crippen LogP contribution in [0.1, 0.15) is 5.56 Å². The van der Waals surface area contributed by atoms with Crippen LogP contribution >= 0.6 is 0 Å². The highest BCUT2D eigenvalue weighted by molar-refractivity contribution is 7.95. The Morgan fingerprint density at radius 1 is 0.857 bits per heavy atom. The fourth-order valence-corrected chi connectivity index (χ4v) is 3.88. The van der Waals surface area contributed by atoms with Gasteiger partial charge in [0.1, 0.15) is 0 Å². The molecule has 0 spiro atoms. The highest BCUT2D eigenvalue weighted by atomic mass is 32.2. The summed E-state index contributed by atoms with van der Waals surface area (Å²) in [4.78, 5) is 12.9. The second-order valence-corrected chi connectivity index (χ2v) is 8.66. The summed E-state index contributed by atoms with van der Waals surface area (Å²) in [7, 11) is -1.09. The van der Waals surface area contributed by atoms with Gasteiger partial charge in [0.2, 0.25) is 5.75 Å². The van der Waals surface area contributed by atoms with Crippen molar-refractivity contribution in [3.05, 3.63) is 90.1 Å². The molecule has 35 heavy (non-hydrogen) atoms. The number of nitrogens with zero attached hydrogens (tertiary/aromatic N) is 3. The molecule has 0 aliphatic carbocycles. The van der Waals surface area contributed by atoms with E-state index in [1.807, 2.05) is 18.2 Å². The van der Waals surface area contributed by atoms with Crippen molar-refractivity contribution in [1.82, 2.24) is 15.0 Å². The number of ether oxygens (including phenoxy) is 3. The molecule has 0 bridgehead atoms. The maximum absolute atomic E-state index is 13.0. The lowest BCUT2D eigenvalue weighted by Crippen LogP contribution is -2.13. The average Bonchev–Trinajstić information content (AvgIpc) is 2.89. The third kappa shape index (κ3) is 5.92. The summed E-state index contributed by atoms with van der Waals surface area (Å²) >= 11 is 0. The second-order valence-electron chi connectivity index (χ2n) is 7.09. The molecular formula is C25H22N4O5S. The molecule has 0 unspecified atom stereocenters. The van der Waals surface area contributed by atoms with Gasteiger partial charge in [0, 0.05) is 18.0 Å². The number of para-hydroxylation sites is 2. The molecule has 0 amide bonds. The van der Waals surface area contributed by atoms with Crippen LogP contribution in [-0.2, 0) is 10.0 Å². The molecule has 2 aromatic carbocycles. The summed E-state index contributed by atoms with van der Waals surface area (Å²) in [6.07, 6.45) is 4.64. The molecule has 9 nitrogen and oxygen atoms in total. The van der Waals surface area contributed by atoms with Gasteiger partial charge in [0.15, 0.2) is 23.1 Å². The maximum Gasteiger partial charge on any atom is 0.263 e. The Kier molecular flexibility index (Phi) is 7.22. The fourth-order valence-electron chi connectivity index (χ4n) is 3.07. The van der Waals surface area contributed by atoms with Gasteiger partial charge in [-0.2, -0.15) is 4.98 Å². The Bertz CT molecular complexity index is 1430. The van der Waals surface area contributed by atoms with Crippen molar-refractivity contribution in [2.75, 3.05) is 18.9 Å². The van der Waals surface area contributed by atoms with Gasteiger partial charge in [-0.15, -0.1) is 0 Å². The number of anilines is 1. The van der Waals surface area contributed by atoms with Crippen molar-refractivity contribution in [1.29, 1.82) is 0 Å². The minimum Gasteiger partial charge on any atom is -0.493 e. The SMILES string of the molecule is COc1ccccc1Oc1c(NS(=O)(=O)/C=C/c2ccccc2)nc(-c2cccnc2)nc1OC. The molecule has 0 aliphatic rings. The summed E-state index contributed by atoms with van der Waals surface area (Å²) < 4.78 is 45.2. The van der Waals surface area contributed by atoms with Crippen LogP contribution in [-0.4, -0.2) is 37.6 Å². The quantitative estimate of drug-likeness (QED) is 0.357. The molecule has 0 atom stereocenters. The molecule has 4 aromatic rings. The third-order valence-corrected chi connectivity index (χ3v) is 5.68. The number of pyridine rings is 1. The van der Waals surface area contributed by atoms with Crippen LogP contribution < -0.4 is 18.9 Å². The minimum atomic E-state index is -3.99. The number of rotatable bonds is 9. The van der Waals surface area contributed by atoms with Crippen LogP contribution in [0.3, 0.4) is 0 Å². The van der Waals surface area contributed by atoms with Gasteiger partial charge in [0.25, 0.3) is 15.9 Å². The Morgan fingerprint density at radius 3 is 2.29 bits per heavy atom. The highest BCUT2D eigenvalue weighted by Gasteiger charge is 2.23. The van der Waals surface area contributed by atoms with E-state index in [0.29, 0.717) is 17.1 Å². The number of hydrogen-bond donors (Lipinski definition) is 1. The summed E-state index contributed by atoms with van der Waals surface area (Å²) in [5, 5.41) is 1.05. The van der Waals surface area contributed by atoms with Gasteiger partial charge >= 0.3 is 0 Å². The minimum absolute atomic E-state index is 0.0227. The second kappa shape index (κ2) is 10.7. The molecule has 0 saturated heterocycles. The molecule has 0 radical (unpaired) electrons. The fraction of sp³-hybridized carbons (Fsp3) is 0.0800. The lowest BCUT2D eigenvalue weighted by atomic mass is 10.2. The van der Waals surface area contributed by atoms with Crippen LogP contribution in [0, 0.1) is 0 Å². The standard InChI is InChI=1S/C25H22N4O5S/c1-32-20-12-6-7-13-21(20)34-22-24(29-35(30,31)16-14-18-9-4-3-5-10-18)27-23(28-25(22)33-2)19-11-8-15-26-17-19/h3-17H,1-2H3,(H,27,28,29)/b16-14+. The van der Waals surface area contributed by atoms with Crippen LogP contribution in [0.5, 0.6) is 23.1 Å². The van der Waals surface area contributed by atoms with E-state index in [4.69, 9.17) is 14.2 Å². The van der Waals surface area contributed by atoms with Crippen LogP contribution in [0.15, 0.2) is 84.5 Å². The summed E-state index contributed by atoms with van der Waals surface area (Å²) in [5.74, 6) is 0.845. The van der Waals surface area contributed by atoms with E-state index in [1.165, 1.54) is 20.3 Å². The summed E-state index contributed by atoms with van der Waals surface area (Å²) in [6, 6.07) is 19.4. The normalized spacial score (nSPS) is 11.3. The molecule has 4 rings (SSSR count). The predicted octanol–water partition coefficient (Wildman–Crippen LogP) is 4.76. The number of benzene rings is 2. The largest absolute Gasteiger partial charge is 0.493 e. The lowest BCUT2D eigenvalue weighted by Gasteiger charge is -2.16. The number of aromatic nitrogens is 3. The van der Waals surface area contributed by atoms with E-state index in [2.05, 4.69) is 19.7 Å². The van der Waals surface area contributed by atoms with Crippen molar-refractivity contribution >= 4 is 21.9 Å². The van der Waals surface area contributed by atoms with Crippen molar-refractivity contribution < 1.29 is 22.6 Å². The zero-order valence-corrected chi connectivity index (χ0v) is 19.8. The first kappa shape index (κ1) is 23.7. The topological polar surface area (TPSA) is 113 Å². The number of nitrogens with one attached hydrogen (secondary N) is 1. The van der Waals surface area contributed by atoms with Crippen LogP contribution in [0.4, 0.5) is 5.82 Å². The van der Waals surface area contributed by atoms with Gasteiger partial charge in [0.05, 0.1) is 19.6 Å². The average molecular weight is 491 g/mol. The third-order valence-electron chi connectivity index (χ3n) is 4.71. The van der Waals surface area contributed by atoms with Crippen molar-refractivity contribution in [2.45, 2.75) is 0 Å². The molecule has 0 fully saturated rings. The molecule has 178 valence electrons. The van der Waals surface area contributed by atoms with Gasteiger partial charge in [-0.3, -0.25) is 9.71 Å². The molecule has 10 heteroatoms. The molecule has 0 saturated carbocycles. The van der Waals surface area contributed by atoms with Gasteiger partial charge < -0.3 is 14.2 Å². The van der Waals surface area contributed by atoms with E-state index in [9.17, 15) is 8.42 Å². The molecular weight excluding hydrogens is 468 g/mol. The van der Waals surface area contributed by atoms with E-state index < -0.39 is 10.0 Å². The zero-order chi connectivity index (χ0) is 24.7. The van der Waals surface area contributed by atoms with Crippen LogP contribution in [0.2, 0.25) is 0 Å². The van der Waals surface area contributed by atoms with Crippen molar-refractivity contribution in [3.63, 3.8) is 0 Å². The first-order chi connectivity index (χ1) is 17.0. The Balaban J connectivity index is 1.79. The van der Waals surface area contributed by atoms with Gasteiger partial charge in [-0.1, -0.05) is 42.5 Å². The first-order valence-electron chi connectivity index (χ1n) is 10.4. The molecule has 0 aliphatic heterocycles. The lowest BCUT2D eigenvalue weighted by molar-refractivity contribution is 0.348. The maximum atomic E-state index is 13.0. The Labute approximate surface area is 203 Å². The van der Waals surface area contributed by atoms with Crippen LogP contribution in [0.25, 0.3) is 17.5 Å². The van der Waals surface area contributed by atoms with E-state index >= 15 is 0 Å². The van der Waals surface area contributed by atoms with Gasteiger partial charge in [-0.05, 0) is 35.9 Å². The Hall–Kier alpha value is -4.44. The van der Waals surface area contributed by atoms with Crippen molar-refractivity contribution in [2.24, 2.45) is 0 Å². The number of sulfonamides is 1. The molecule has 2 aromatic heterocycles. The first-order valence-corrected chi connectivity index (χ1v) is 12.0. The Morgan fingerprint density at radius 2 is 1.60 bits per heavy atom. The van der Waals surface area contributed by atoms with E-state index in [1.54, 1.807) is 60.9 Å². The predicted molar refractivity (Wildman–Crippen MR) is 133 cm³/mol. The molecule has 2 heterocycles.